The number of amides is 1. The van der Waals surface area contributed by atoms with Crippen LogP contribution in [0.5, 0.6) is 5.75 Å². The van der Waals surface area contributed by atoms with Crippen LogP contribution in [-0.2, 0) is 0 Å². The minimum absolute atomic E-state index is 0.0487. The third kappa shape index (κ3) is 5.65. The van der Waals surface area contributed by atoms with Crippen LogP contribution < -0.4 is 15.4 Å². The van der Waals surface area contributed by atoms with Gasteiger partial charge in [0.1, 0.15) is 5.75 Å². The van der Waals surface area contributed by atoms with Crippen molar-refractivity contribution in [3.05, 3.63) is 58.6 Å². The van der Waals surface area contributed by atoms with Gasteiger partial charge in [-0.15, -0.1) is 0 Å². The summed E-state index contributed by atoms with van der Waals surface area (Å²) in [6.07, 6.45) is 0.0487. The lowest BCUT2D eigenvalue weighted by molar-refractivity contribution is 0.0977. The van der Waals surface area contributed by atoms with Crippen LogP contribution in [-0.4, -0.2) is 17.1 Å². The summed E-state index contributed by atoms with van der Waals surface area (Å²) in [6, 6.07) is 14.5. The van der Waals surface area contributed by atoms with Gasteiger partial charge in [0.25, 0.3) is 5.91 Å². The molecule has 2 N–H and O–H groups in total. The molecule has 2 rings (SSSR count). The molecule has 0 aliphatic carbocycles. The smallest absolute Gasteiger partial charge is 0.257 e. The van der Waals surface area contributed by atoms with Gasteiger partial charge in [-0.2, -0.15) is 0 Å². The van der Waals surface area contributed by atoms with Crippen molar-refractivity contribution in [2.75, 3.05) is 5.32 Å². The zero-order valence-corrected chi connectivity index (χ0v) is 15.2. The summed E-state index contributed by atoms with van der Waals surface area (Å²) in [5, 5.41) is 5.86. The summed E-state index contributed by atoms with van der Waals surface area (Å²) in [5.41, 5.74) is 1.28. The maximum Gasteiger partial charge on any atom is 0.257 e. The summed E-state index contributed by atoms with van der Waals surface area (Å²) in [6.45, 7) is 3.87. The number of anilines is 1. The Morgan fingerprint density at radius 1 is 1.17 bits per heavy atom. The Kier molecular flexibility index (Phi) is 6.12. The van der Waals surface area contributed by atoms with Gasteiger partial charge in [0.2, 0.25) is 0 Å². The Labute approximate surface area is 149 Å². The van der Waals surface area contributed by atoms with Gasteiger partial charge in [0, 0.05) is 15.7 Å². The zero-order chi connectivity index (χ0) is 16.8. The van der Waals surface area contributed by atoms with Gasteiger partial charge in [0.15, 0.2) is 5.11 Å². The van der Waals surface area contributed by atoms with Gasteiger partial charge in [-0.25, -0.2) is 0 Å². The maximum absolute atomic E-state index is 12.2. The molecule has 23 heavy (non-hydrogen) atoms. The SMILES string of the molecule is CC(C)Oc1cccc(C(=O)NC(=S)Nc2cccc(Br)c2)c1. The van der Waals surface area contributed by atoms with Crippen molar-refractivity contribution in [2.45, 2.75) is 20.0 Å². The average molecular weight is 393 g/mol. The number of ether oxygens (including phenoxy) is 1. The fourth-order valence-electron chi connectivity index (χ4n) is 1.89. The average Bonchev–Trinajstić information content (AvgIpc) is 2.46. The molecule has 2 aromatic rings. The number of nitrogens with one attached hydrogen (secondary N) is 2. The molecule has 0 unspecified atom stereocenters. The van der Waals surface area contributed by atoms with Gasteiger partial charge >= 0.3 is 0 Å². The number of carbonyl (C=O) groups is 1. The Hall–Kier alpha value is -1.92. The van der Waals surface area contributed by atoms with E-state index in [1.54, 1.807) is 18.2 Å². The molecule has 0 atom stereocenters. The summed E-state index contributed by atoms with van der Waals surface area (Å²) >= 11 is 8.55. The number of rotatable bonds is 4. The second-order valence-electron chi connectivity index (χ2n) is 5.11. The van der Waals surface area contributed by atoms with E-state index in [2.05, 4.69) is 26.6 Å². The minimum Gasteiger partial charge on any atom is -0.491 e. The molecule has 0 bridgehead atoms. The van der Waals surface area contributed by atoms with Gasteiger partial charge in [-0.1, -0.05) is 28.1 Å². The molecule has 6 heteroatoms. The molecule has 0 saturated heterocycles. The predicted molar refractivity (Wildman–Crippen MR) is 100 cm³/mol. The maximum atomic E-state index is 12.2. The molecule has 120 valence electrons. The van der Waals surface area contributed by atoms with Crippen molar-refractivity contribution in [3.63, 3.8) is 0 Å². The van der Waals surface area contributed by atoms with E-state index in [4.69, 9.17) is 17.0 Å². The zero-order valence-electron chi connectivity index (χ0n) is 12.8. The highest BCUT2D eigenvalue weighted by Gasteiger charge is 2.09. The molecule has 0 heterocycles. The second-order valence-corrected chi connectivity index (χ2v) is 6.44. The first kappa shape index (κ1) is 17.4. The molecule has 0 aliphatic rings. The van der Waals surface area contributed by atoms with Crippen LogP contribution in [0.25, 0.3) is 0 Å². The third-order valence-electron chi connectivity index (χ3n) is 2.78. The molecule has 2 aromatic carbocycles. The minimum atomic E-state index is -0.285. The first-order valence-electron chi connectivity index (χ1n) is 7.08. The summed E-state index contributed by atoms with van der Waals surface area (Å²) in [4.78, 5) is 12.2. The lowest BCUT2D eigenvalue weighted by atomic mass is 10.2. The molecular formula is C17H17BrN2O2S. The molecule has 0 saturated carbocycles. The lowest BCUT2D eigenvalue weighted by Crippen LogP contribution is -2.34. The van der Waals surface area contributed by atoms with Gasteiger partial charge in [-0.3, -0.25) is 10.1 Å². The standard InChI is InChI=1S/C17H17BrN2O2S/c1-11(2)22-15-8-3-5-12(9-15)16(21)20-17(23)19-14-7-4-6-13(18)10-14/h3-11H,1-2H3,(H2,19,20,21,23). The third-order valence-corrected chi connectivity index (χ3v) is 3.47. The number of benzene rings is 2. The highest BCUT2D eigenvalue weighted by Crippen LogP contribution is 2.16. The van der Waals surface area contributed by atoms with Crippen molar-refractivity contribution >= 4 is 44.9 Å². The van der Waals surface area contributed by atoms with Crippen LogP contribution in [0, 0.1) is 0 Å². The number of carbonyl (C=O) groups excluding carboxylic acids is 1. The predicted octanol–water partition coefficient (Wildman–Crippen LogP) is 4.36. The van der Waals surface area contributed by atoms with Crippen molar-refractivity contribution in [1.29, 1.82) is 0 Å². The number of hydrogen-bond acceptors (Lipinski definition) is 3. The summed E-state index contributed by atoms with van der Waals surface area (Å²) in [5.74, 6) is 0.366. The van der Waals surface area contributed by atoms with Crippen LogP contribution in [0.3, 0.4) is 0 Å². The molecule has 1 amide bonds. The highest BCUT2D eigenvalue weighted by molar-refractivity contribution is 9.10. The van der Waals surface area contributed by atoms with Crippen LogP contribution >= 0.6 is 28.1 Å². The van der Waals surface area contributed by atoms with Crippen molar-refractivity contribution in [2.24, 2.45) is 0 Å². The van der Waals surface area contributed by atoms with Crippen LogP contribution in [0.1, 0.15) is 24.2 Å². The Balaban J connectivity index is 1.99. The van der Waals surface area contributed by atoms with Crippen LogP contribution in [0.2, 0.25) is 0 Å². The fraction of sp³-hybridized carbons (Fsp3) is 0.176. The van der Waals surface area contributed by atoms with Crippen molar-refractivity contribution in [1.82, 2.24) is 5.32 Å². The Morgan fingerprint density at radius 2 is 1.91 bits per heavy atom. The Morgan fingerprint density at radius 3 is 2.61 bits per heavy atom. The van der Waals surface area contributed by atoms with Gasteiger partial charge in [0.05, 0.1) is 6.10 Å². The first-order valence-corrected chi connectivity index (χ1v) is 8.29. The lowest BCUT2D eigenvalue weighted by Gasteiger charge is -2.12. The van der Waals surface area contributed by atoms with Crippen LogP contribution in [0.15, 0.2) is 53.0 Å². The van der Waals surface area contributed by atoms with E-state index >= 15 is 0 Å². The van der Waals surface area contributed by atoms with Gasteiger partial charge < -0.3 is 10.1 Å². The first-order chi connectivity index (χ1) is 10.9. The normalized spacial score (nSPS) is 10.3. The molecule has 0 aromatic heterocycles. The summed E-state index contributed by atoms with van der Waals surface area (Å²) < 4.78 is 6.51. The quantitative estimate of drug-likeness (QED) is 0.758. The van der Waals surface area contributed by atoms with Crippen molar-refractivity contribution < 1.29 is 9.53 Å². The molecular weight excluding hydrogens is 376 g/mol. The fourth-order valence-corrected chi connectivity index (χ4v) is 2.50. The van der Waals surface area contributed by atoms with E-state index in [9.17, 15) is 4.79 Å². The second kappa shape index (κ2) is 8.08. The number of thiocarbonyl (C=S) groups is 1. The van der Waals surface area contributed by atoms with E-state index < -0.39 is 0 Å². The molecule has 0 radical (unpaired) electrons. The molecule has 0 spiro atoms. The molecule has 0 aliphatic heterocycles. The summed E-state index contributed by atoms with van der Waals surface area (Å²) in [7, 11) is 0. The van der Waals surface area contributed by atoms with E-state index in [1.807, 2.05) is 44.2 Å². The largest absolute Gasteiger partial charge is 0.491 e. The molecule has 4 nitrogen and oxygen atoms in total. The van der Waals surface area contributed by atoms with E-state index in [-0.39, 0.29) is 17.1 Å². The van der Waals surface area contributed by atoms with E-state index in [1.165, 1.54) is 0 Å². The van der Waals surface area contributed by atoms with Crippen LogP contribution in [0.4, 0.5) is 5.69 Å². The number of hydrogen-bond donors (Lipinski definition) is 2. The highest BCUT2D eigenvalue weighted by atomic mass is 79.9. The number of halogens is 1. The molecule has 0 fully saturated rings. The van der Waals surface area contributed by atoms with Gasteiger partial charge in [-0.05, 0) is 62.5 Å². The van der Waals surface area contributed by atoms with E-state index in [0.717, 1.165) is 10.2 Å². The van der Waals surface area contributed by atoms with Crippen molar-refractivity contribution in [3.8, 4) is 5.75 Å². The monoisotopic (exact) mass is 392 g/mol. The topological polar surface area (TPSA) is 50.4 Å². The van der Waals surface area contributed by atoms with E-state index in [0.29, 0.717) is 11.3 Å². The Bertz CT molecular complexity index is 719.